The van der Waals surface area contributed by atoms with Gasteiger partial charge in [-0.25, -0.2) is 9.98 Å². The number of para-hydroxylation sites is 2. The number of pyridine rings is 1. The van der Waals surface area contributed by atoms with Gasteiger partial charge in [-0.3, -0.25) is 0 Å². The third-order valence-electron chi connectivity index (χ3n) is 4.54. The van der Waals surface area contributed by atoms with Crippen LogP contribution in [0.15, 0.2) is 47.6 Å². The van der Waals surface area contributed by atoms with Crippen LogP contribution in [0.5, 0.6) is 5.75 Å². The first-order chi connectivity index (χ1) is 12.8. The summed E-state index contributed by atoms with van der Waals surface area (Å²) in [4.78, 5) is 11.4. The van der Waals surface area contributed by atoms with Gasteiger partial charge in [0.05, 0.1) is 19.3 Å². The molecule has 2 heterocycles. The van der Waals surface area contributed by atoms with Crippen LogP contribution in [0.4, 0.5) is 11.5 Å². The maximum Gasteiger partial charge on any atom is 0.193 e. The van der Waals surface area contributed by atoms with Gasteiger partial charge in [0, 0.05) is 19.3 Å². The maximum absolute atomic E-state index is 6.04. The number of rotatable bonds is 5. The number of nitrogens with one attached hydrogen (secondary N) is 1. The number of aromatic nitrogens is 1. The van der Waals surface area contributed by atoms with Gasteiger partial charge in [-0.15, -0.1) is 0 Å². The van der Waals surface area contributed by atoms with E-state index in [9.17, 15) is 0 Å². The van der Waals surface area contributed by atoms with Crippen molar-refractivity contribution in [3.05, 3.63) is 48.2 Å². The highest BCUT2D eigenvalue weighted by Gasteiger charge is 2.11. The number of methoxy groups -OCH3 is 1. The Morgan fingerprint density at radius 2 is 1.96 bits per heavy atom. The Balaban J connectivity index is 1.64. The van der Waals surface area contributed by atoms with Gasteiger partial charge < -0.3 is 20.7 Å². The molecule has 0 aliphatic carbocycles. The molecule has 26 heavy (non-hydrogen) atoms. The molecule has 138 valence electrons. The van der Waals surface area contributed by atoms with E-state index in [1.807, 2.05) is 36.5 Å². The third kappa shape index (κ3) is 4.88. The normalized spacial score (nSPS) is 15.4. The number of ether oxygens (including phenoxy) is 1. The molecule has 0 amide bonds. The minimum Gasteiger partial charge on any atom is -0.495 e. The van der Waals surface area contributed by atoms with Gasteiger partial charge in [0.15, 0.2) is 5.96 Å². The average Bonchev–Trinajstić information content (AvgIpc) is 2.97. The van der Waals surface area contributed by atoms with Crippen molar-refractivity contribution in [1.82, 2.24) is 4.98 Å². The smallest absolute Gasteiger partial charge is 0.193 e. The van der Waals surface area contributed by atoms with Gasteiger partial charge in [0.1, 0.15) is 11.6 Å². The van der Waals surface area contributed by atoms with Crippen LogP contribution in [-0.4, -0.2) is 31.1 Å². The summed E-state index contributed by atoms with van der Waals surface area (Å²) in [7, 11) is 1.63. The first-order valence-corrected chi connectivity index (χ1v) is 9.16. The Morgan fingerprint density at radius 3 is 2.73 bits per heavy atom. The fraction of sp³-hybridized carbons (Fsp3) is 0.400. The molecule has 2 aromatic rings. The van der Waals surface area contributed by atoms with Crippen LogP contribution in [-0.2, 0) is 6.54 Å². The lowest BCUT2D eigenvalue weighted by Gasteiger charge is -2.21. The van der Waals surface area contributed by atoms with Crippen molar-refractivity contribution in [2.24, 2.45) is 10.7 Å². The standard InChI is InChI=1S/C20H27N5O/c1-26-18-9-5-4-8-17(18)24-20(21)23-15-16-10-11-22-19(14-16)25-12-6-2-3-7-13-25/h4-5,8-11,14H,2-3,6-7,12-13,15H2,1H3,(H3,21,23,24). The fourth-order valence-electron chi connectivity index (χ4n) is 3.13. The molecular weight excluding hydrogens is 326 g/mol. The summed E-state index contributed by atoms with van der Waals surface area (Å²) in [5.41, 5.74) is 7.94. The van der Waals surface area contributed by atoms with Gasteiger partial charge in [-0.2, -0.15) is 0 Å². The number of guanidine groups is 1. The van der Waals surface area contributed by atoms with E-state index in [4.69, 9.17) is 10.5 Å². The highest BCUT2D eigenvalue weighted by atomic mass is 16.5. The SMILES string of the molecule is COc1ccccc1NC(N)=NCc1ccnc(N2CCCCCC2)c1. The Hall–Kier alpha value is -2.76. The molecule has 0 radical (unpaired) electrons. The van der Waals surface area contributed by atoms with E-state index in [1.165, 1.54) is 25.7 Å². The van der Waals surface area contributed by atoms with Crippen molar-refractivity contribution in [2.75, 3.05) is 30.4 Å². The van der Waals surface area contributed by atoms with Crippen molar-refractivity contribution in [2.45, 2.75) is 32.2 Å². The number of benzene rings is 1. The van der Waals surface area contributed by atoms with Crippen LogP contribution < -0.4 is 20.7 Å². The van der Waals surface area contributed by atoms with Crippen molar-refractivity contribution in [3.63, 3.8) is 0 Å². The van der Waals surface area contributed by atoms with Gasteiger partial charge in [-0.1, -0.05) is 25.0 Å². The number of aliphatic imine (C=N–C) groups is 1. The lowest BCUT2D eigenvalue weighted by atomic mass is 10.2. The summed E-state index contributed by atoms with van der Waals surface area (Å²) in [6.45, 7) is 2.67. The fourth-order valence-corrected chi connectivity index (χ4v) is 3.13. The number of nitrogens with two attached hydrogens (primary N) is 1. The molecule has 1 aromatic heterocycles. The van der Waals surface area contributed by atoms with Gasteiger partial charge >= 0.3 is 0 Å². The van der Waals surface area contributed by atoms with Crippen molar-refractivity contribution < 1.29 is 4.74 Å². The molecule has 3 rings (SSSR count). The van der Waals surface area contributed by atoms with E-state index in [2.05, 4.69) is 26.3 Å². The Labute approximate surface area is 155 Å². The summed E-state index contributed by atoms with van der Waals surface area (Å²) < 4.78 is 5.32. The Kier molecular flexibility index (Phi) is 6.30. The van der Waals surface area contributed by atoms with Crippen LogP contribution in [0, 0.1) is 0 Å². The second kappa shape index (κ2) is 9.08. The van der Waals surface area contributed by atoms with Crippen LogP contribution >= 0.6 is 0 Å². The quantitative estimate of drug-likeness (QED) is 0.636. The average molecular weight is 353 g/mol. The zero-order chi connectivity index (χ0) is 18.2. The molecular formula is C20H27N5O. The summed E-state index contributed by atoms with van der Waals surface area (Å²) >= 11 is 0. The minimum absolute atomic E-state index is 0.364. The molecule has 6 heteroatoms. The van der Waals surface area contributed by atoms with Gasteiger partial charge in [0.25, 0.3) is 0 Å². The molecule has 1 saturated heterocycles. The molecule has 0 bridgehead atoms. The van der Waals surface area contributed by atoms with Gasteiger partial charge in [0.2, 0.25) is 0 Å². The first-order valence-electron chi connectivity index (χ1n) is 9.16. The second-order valence-electron chi connectivity index (χ2n) is 6.45. The van der Waals surface area contributed by atoms with Crippen LogP contribution in [0.1, 0.15) is 31.2 Å². The third-order valence-corrected chi connectivity index (χ3v) is 4.54. The molecule has 0 saturated carbocycles. The molecule has 1 fully saturated rings. The van der Waals surface area contributed by atoms with E-state index in [-0.39, 0.29) is 0 Å². The second-order valence-corrected chi connectivity index (χ2v) is 6.45. The van der Waals surface area contributed by atoms with Crippen molar-refractivity contribution in [3.8, 4) is 5.75 Å². The Morgan fingerprint density at radius 1 is 1.19 bits per heavy atom. The topological polar surface area (TPSA) is 75.8 Å². The molecule has 1 aromatic carbocycles. The molecule has 0 atom stereocenters. The predicted molar refractivity (Wildman–Crippen MR) is 107 cm³/mol. The van der Waals surface area contributed by atoms with Crippen molar-refractivity contribution in [1.29, 1.82) is 0 Å². The summed E-state index contributed by atoms with van der Waals surface area (Å²) in [5, 5.41) is 3.09. The largest absolute Gasteiger partial charge is 0.495 e. The van der Waals surface area contributed by atoms with E-state index >= 15 is 0 Å². The summed E-state index contributed by atoms with van der Waals surface area (Å²) in [6.07, 6.45) is 6.95. The van der Waals surface area contributed by atoms with E-state index in [0.717, 1.165) is 35.9 Å². The van der Waals surface area contributed by atoms with Crippen LogP contribution in [0.3, 0.4) is 0 Å². The number of anilines is 2. The zero-order valence-electron chi connectivity index (χ0n) is 15.3. The summed E-state index contributed by atoms with van der Waals surface area (Å²) in [5.74, 6) is 2.14. The number of hydrogen-bond donors (Lipinski definition) is 2. The number of hydrogen-bond acceptors (Lipinski definition) is 4. The lowest BCUT2D eigenvalue weighted by Crippen LogP contribution is -2.25. The molecule has 1 aliphatic rings. The molecule has 0 spiro atoms. The van der Waals surface area contributed by atoms with Crippen molar-refractivity contribution >= 4 is 17.5 Å². The van der Waals surface area contributed by atoms with Crippen LogP contribution in [0.2, 0.25) is 0 Å². The number of nitrogens with zero attached hydrogens (tertiary/aromatic N) is 3. The molecule has 3 N–H and O–H groups in total. The monoisotopic (exact) mass is 353 g/mol. The Bertz CT molecular complexity index is 738. The zero-order valence-corrected chi connectivity index (χ0v) is 15.3. The molecule has 0 unspecified atom stereocenters. The predicted octanol–water partition coefficient (Wildman–Crippen LogP) is 3.40. The molecule has 1 aliphatic heterocycles. The lowest BCUT2D eigenvalue weighted by molar-refractivity contribution is 0.417. The first kappa shape index (κ1) is 18.0. The van der Waals surface area contributed by atoms with Gasteiger partial charge in [-0.05, 0) is 42.7 Å². The van der Waals surface area contributed by atoms with E-state index in [1.54, 1.807) is 7.11 Å². The van der Waals surface area contributed by atoms with E-state index < -0.39 is 0 Å². The maximum atomic E-state index is 6.04. The van der Waals surface area contributed by atoms with E-state index in [0.29, 0.717) is 12.5 Å². The minimum atomic E-state index is 0.364. The summed E-state index contributed by atoms with van der Waals surface area (Å²) in [6, 6.07) is 11.7. The molecule has 6 nitrogen and oxygen atoms in total. The van der Waals surface area contributed by atoms with Crippen LogP contribution in [0.25, 0.3) is 0 Å². The highest BCUT2D eigenvalue weighted by molar-refractivity contribution is 5.93. The highest BCUT2D eigenvalue weighted by Crippen LogP contribution is 2.23.